The Bertz CT molecular complexity index is 1450. The molecule has 1 aromatic heterocycles. The molecule has 0 radical (unpaired) electrons. The highest BCUT2D eigenvalue weighted by Gasteiger charge is 2.32. The SMILES string of the molecule is CC[C@H]1CN(C)[C@@H](COc2nc3c(c(N4CCN[C@@H](CC#N)C4)n2)CCN(c2cccc4cccc(C)c24)C3)CC1C. The maximum absolute atomic E-state index is 9.35. The van der Waals surface area contributed by atoms with Crippen LogP contribution in [0.15, 0.2) is 36.4 Å². The summed E-state index contributed by atoms with van der Waals surface area (Å²) < 4.78 is 6.46. The van der Waals surface area contributed by atoms with Crippen LogP contribution in [0, 0.1) is 30.1 Å². The molecule has 1 unspecified atom stereocenters. The summed E-state index contributed by atoms with van der Waals surface area (Å²) in [5.74, 6) is 2.43. The van der Waals surface area contributed by atoms with Crippen molar-refractivity contribution in [3.63, 3.8) is 0 Å². The van der Waals surface area contributed by atoms with Gasteiger partial charge in [0, 0.05) is 61.4 Å². The second-order valence-electron chi connectivity index (χ2n) is 12.6. The minimum Gasteiger partial charge on any atom is -0.462 e. The summed E-state index contributed by atoms with van der Waals surface area (Å²) in [7, 11) is 2.22. The van der Waals surface area contributed by atoms with E-state index in [1.165, 1.54) is 34.0 Å². The summed E-state index contributed by atoms with van der Waals surface area (Å²) in [4.78, 5) is 17.4. The lowest BCUT2D eigenvalue weighted by molar-refractivity contribution is 0.0566. The quantitative estimate of drug-likeness (QED) is 0.430. The van der Waals surface area contributed by atoms with Gasteiger partial charge < -0.3 is 19.9 Å². The van der Waals surface area contributed by atoms with Gasteiger partial charge in [-0.3, -0.25) is 4.90 Å². The molecule has 1 N–H and O–H groups in total. The van der Waals surface area contributed by atoms with Crippen LogP contribution in [0.2, 0.25) is 0 Å². The number of rotatable bonds is 7. The number of nitrogens with one attached hydrogen (secondary N) is 1. The zero-order valence-corrected chi connectivity index (χ0v) is 25.6. The van der Waals surface area contributed by atoms with Crippen molar-refractivity contribution in [1.82, 2.24) is 20.2 Å². The van der Waals surface area contributed by atoms with Crippen molar-refractivity contribution in [2.75, 3.05) is 56.2 Å². The van der Waals surface area contributed by atoms with Gasteiger partial charge >= 0.3 is 6.01 Å². The summed E-state index contributed by atoms with van der Waals surface area (Å²) in [6.45, 7) is 12.7. The van der Waals surface area contributed by atoms with Gasteiger partial charge in [-0.25, -0.2) is 0 Å². The number of likely N-dealkylation sites (N-methyl/N-ethyl adjacent to an activating group) is 1. The third-order valence-electron chi connectivity index (χ3n) is 9.87. The molecule has 2 fully saturated rings. The summed E-state index contributed by atoms with van der Waals surface area (Å²) in [6.07, 6.45) is 3.73. The fourth-order valence-electron chi connectivity index (χ4n) is 7.35. The van der Waals surface area contributed by atoms with Crippen LogP contribution in [0.1, 0.15) is 49.9 Å². The first-order valence-corrected chi connectivity index (χ1v) is 15.8. The number of hydrogen-bond donors (Lipinski definition) is 1. The number of piperazine rings is 1. The summed E-state index contributed by atoms with van der Waals surface area (Å²) in [6, 6.07) is 16.5. The van der Waals surface area contributed by atoms with E-state index in [1.54, 1.807) is 0 Å². The summed E-state index contributed by atoms with van der Waals surface area (Å²) in [5, 5.41) is 15.4. The van der Waals surface area contributed by atoms with Crippen LogP contribution in [-0.4, -0.2) is 73.3 Å². The van der Waals surface area contributed by atoms with Gasteiger partial charge in [0.05, 0.1) is 24.7 Å². The van der Waals surface area contributed by atoms with Gasteiger partial charge in [0.2, 0.25) is 0 Å². The molecule has 0 bridgehead atoms. The number of benzene rings is 2. The molecular weight excluding hydrogens is 522 g/mol. The number of ether oxygens (including phenoxy) is 1. The van der Waals surface area contributed by atoms with Crippen molar-refractivity contribution in [2.24, 2.45) is 11.8 Å². The number of anilines is 2. The van der Waals surface area contributed by atoms with Crippen molar-refractivity contribution in [2.45, 2.75) is 65.1 Å². The van der Waals surface area contributed by atoms with E-state index in [0.717, 1.165) is 69.5 Å². The van der Waals surface area contributed by atoms with Crippen LogP contribution in [0.25, 0.3) is 10.8 Å². The Balaban J connectivity index is 1.30. The van der Waals surface area contributed by atoms with Gasteiger partial charge in [-0.15, -0.1) is 0 Å². The number of likely N-dealkylation sites (tertiary alicyclic amines) is 1. The third-order valence-corrected chi connectivity index (χ3v) is 9.87. The number of nitriles is 1. The van der Waals surface area contributed by atoms with E-state index in [1.807, 2.05) is 0 Å². The lowest BCUT2D eigenvalue weighted by Crippen LogP contribution is -2.51. The van der Waals surface area contributed by atoms with Gasteiger partial charge in [-0.1, -0.05) is 50.6 Å². The average Bonchev–Trinajstić information content (AvgIpc) is 3.00. The largest absolute Gasteiger partial charge is 0.462 e. The van der Waals surface area contributed by atoms with Crippen molar-refractivity contribution in [1.29, 1.82) is 5.26 Å². The first kappa shape index (κ1) is 28.7. The number of piperidine rings is 1. The molecular formula is C34H45N7O. The lowest BCUT2D eigenvalue weighted by Gasteiger charge is -2.40. The molecule has 2 saturated heterocycles. The van der Waals surface area contributed by atoms with E-state index in [4.69, 9.17) is 14.7 Å². The van der Waals surface area contributed by atoms with E-state index < -0.39 is 0 Å². The van der Waals surface area contributed by atoms with Gasteiger partial charge in [0.1, 0.15) is 12.4 Å². The van der Waals surface area contributed by atoms with Gasteiger partial charge in [-0.05, 0) is 55.7 Å². The zero-order valence-electron chi connectivity index (χ0n) is 25.6. The normalized spacial score (nSPS) is 24.8. The molecule has 42 heavy (non-hydrogen) atoms. The molecule has 3 aliphatic heterocycles. The number of aromatic nitrogens is 2. The molecule has 3 aliphatic rings. The molecule has 0 spiro atoms. The van der Waals surface area contributed by atoms with Crippen LogP contribution < -0.4 is 19.9 Å². The number of nitrogens with zero attached hydrogens (tertiary/aromatic N) is 6. The van der Waals surface area contributed by atoms with E-state index in [-0.39, 0.29) is 6.04 Å². The Morgan fingerprint density at radius 2 is 1.93 bits per heavy atom. The number of fused-ring (bicyclic) bond motifs is 2. The standard InChI is InChI=1S/C34H45N7O/c1-5-25-19-39(4)28(18-24(25)3)22-42-34-37-30-21-40(31-11-7-10-26-9-6-8-23(2)32(26)31)16-13-29(30)33(38-34)41-17-15-36-27(20-41)12-14-35/h6-11,24-25,27-28,36H,5,12-13,15-22H2,1-4H3/t24?,25-,27-,28+/m0/s1. The van der Waals surface area contributed by atoms with Crippen LogP contribution >= 0.6 is 0 Å². The highest BCUT2D eigenvalue weighted by atomic mass is 16.5. The number of aryl methyl sites for hydroxylation is 1. The molecule has 2 aromatic carbocycles. The first-order valence-electron chi connectivity index (χ1n) is 15.8. The van der Waals surface area contributed by atoms with Crippen LogP contribution in [0.4, 0.5) is 11.5 Å². The van der Waals surface area contributed by atoms with Crippen LogP contribution in [0.5, 0.6) is 6.01 Å². The summed E-state index contributed by atoms with van der Waals surface area (Å²) in [5.41, 5.74) is 4.83. The fourth-order valence-corrected chi connectivity index (χ4v) is 7.35. The monoisotopic (exact) mass is 567 g/mol. The van der Waals surface area contributed by atoms with Crippen molar-refractivity contribution in [3.05, 3.63) is 53.2 Å². The molecule has 8 heteroatoms. The summed E-state index contributed by atoms with van der Waals surface area (Å²) >= 11 is 0. The third kappa shape index (κ3) is 5.77. The lowest BCUT2D eigenvalue weighted by atomic mass is 9.82. The minimum absolute atomic E-state index is 0.140. The Labute approximate surface area is 250 Å². The predicted molar refractivity (Wildman–Crippen MR) is 169 cm³/mol. The molecule has 4 atom stereocenters. The molecule has 6 rings (SSSR count). The second kappa shape index (κ2) is 12.4. The van der Waals surface area contributed by atoms with Crippen LogP contribution in [0.3, 0.4) is 0 Å². The Hall–Kier alpha value is -3.41. The predicted octanol–water partition coefficient (Wildman–Crippen LogP) is 4.94. The number of hydrogen-bond acceptors (Lipinski definition) is 8. The minimum atomic E-state index is 0.140. The van der Waals surface area contributed by atoms with Crippen LogP contribution in [-0.2, 0) is 13.0 Å². The molecule has 3 aromatic rings. The first-order chi connectivity index (χ1) is 20.4. The topological polar surface area (TPSA) is 80.5 Å². The van der Waals surface area contributed by atoms with Crippen molar-refractivity contribution < 1.29 is 4.74 Å². The average molecular weight is 568 g/mol. The highest BCUT2D eigenvalue weighted by molar-refractivity contribution is 5.97. The highest BCUT2D eigenvalue weighted by Crippen LogP contribution is 2.36. The molecule has 222 valence electrons. The Morgan fingerprint density at radius 1 is 1.10 bits per heavy atom. The molecule has 4 heterocycles. The maximum atomic E-state index is 9.35. The van der Waals surface area contributed by atoms with E-state index in [9.17, 15) is 5.26 Å². The van der Waals surface area contributed by atoms with Crippen molar-refractivity contribution >= 4 is 22.3 Å². The second-order valence-corrected chi connectivity index (χ2v) is 12.6. The zero-order chi connectivity index (χ0) is 29.2. The fraction of sp³-hybridized carbons (Fsp3) is 0.559. The Kier molecular flexibility index (Phi) is 8.50. The Morgan fingerprint density at radius 3 is 2.74 bits per heavy atom. The van der Waals surface area contributed by atoms with E-state index in [0.29, 0.717) is 31.0 Å². The van der Waals surface area contributed by atoms with Gasteiger partial charge in [0.15, 0.2) is 0 Å². The molecule has 0 amide bonds. The van der Waals surface area contributed by atoms with Gasteiger partial charge in [-0.2, -0.15) is 15.2 Å². The molecule has 8 nitrogen and oxygen atoms in total. The van der Waals surface area contributed by atoms with E-state index in [2.05, 4.69) is 90.3 Å². The van der Waals surface area contributed by atoms with Crippen molar-refractivity contribution in [3.8, 4) is 12.1 Å². The smallest absolute Gasteiger partial charge is 0.318 e. The van der Waals surface area contributed by atoms with Gasteiger partial charge in [0.25, 0.3) is 0 Å². The maximum Gasteiger partial charge on any atom is 0.318 e. The molecule has 0 aliphatic carbocycles. The molecule has 0 saturated carbocycles. The van der Waals surface area contributed by atoms with E-state index >= 15 is 0 Å².